The van der Waals surface area contributed by atoms with Crippen LogP contribution in [0.5, 0.6) is 0 Å². The fourth-order valence-electron chi connectivity index (χ4n) is 2.39. The molecule has 19 heavy (non-hydrogen) atoms. The van der Waals surface area contributed by atoms with E-state index in [2.05, 4.69) is 11.9 Å². The van der Waals surface area contributed by atoms with Crippen molar-refractivity contribution in [3.05, 3.63) is 40.9 Å². The summed E-state index contributed by atoms with van der Waals surface area (Å²) in [6, 6.07) is 0. The highest BCUT2D eigenvalue weighted by Crippen LogP contribution is 2.22. The van der Waals surface area contributed by atoms with Gasteiger partial charge in [0.05, 0.1) is 12.0 Å². The molecule has 0 aromatic carbocycles. The fraction of sp³-hybridized carbons (Fsp3) is 0.467. The predicted molar refractivity (Wildman–Crippen MR) is 73.5 cm³/mol. The number of furan rings is 1. The molecule has 0 fully saturated rings. The molecule has 0 aliphatic carbocycles. The zero-order valence-electron chi connectivity index (χ0n) is 12.0. The number of Topliss-reactive ketones (excluding diaryl/α,β-unsaturated/α-hetero) is 1. The predicted octanol–water partition coefficient (Wildman–Crippen LogP) is 3.24. The van der Waals surface area contributed by atoms with Crippen LogP contribution in [0.3, 0.4) is 0 Å². The lowest BCUT2D eigenvalue weighted by Crippen LogP contribution is -2.11. The van der Waals surface area contributed by atoms with Crippen molar-refractivity contribution in [3.63, 3.8) is 0 Å². The van der Waals surface area contributed by atoms with Crippen molar-refractivity contribution in [2.24, 2.45) is 0 Å². The van der Waals surface area contributed by atoms with Crippen LogP contribution in [0.2, 0.25) is 0 Å². The minimum Gasteiger partial charge on any atom is -0.466 e. The molecule has 2 aromatic rings. The summed E-state index contributed by atoms with van der Waals surface area (Å²) >= 11 is 0. The highest BCUT2D eigenvalue weighted by atomic mass is 16.3. The first-order chi connectivity index (χ1) is 9.04. The summed E-state index contributed by atoms with van der Waals surface area (Å²) in [5.41, 5.74) is 1.65. The summed E-state index contributed by atoms with van der Waals surface area (Å²) in [4.78, 5) is 16.7. The number of ketones is 1. The van der Waals surface area contributed by atoms with Crippen LogP contribution in [0.1, 0.15) is 46.6 Å². The van der Waals surface area contributed by atoms with Gasteiger partial charge >= 0.3 is 0 Å². The van der Waals surface area contributed by atoms with Crippen LogP contribution in [0.4, 0.5) is 0 Å². The lowest BCUT2D eigenvalue weighted by atomic mass is 10.0. The smallest absolute Gasteiger partial charge is 0.174 e. The van der Waals surface area contributed by atoms with Crippen LogP contribution in [0, 0.1) is 20.8 Å². The number of aryl methyl sites for hydroxylation is 3. The van der Waals surface area contributed by atoms with Gasteiger partial charge in [-0.25, -0.2) is 4.98 Å². The minimum absolute atomic E-state index is 0.0791. The number of hydrogen-bond donors (Lipinski definition) is 0. The van der Waals surface area contributed by atoms with Gasteiger partial charge in [0.25, 0.3) is 0 Å². The number of imidazole rings is 1. The standard InChI is InChI=1S/C15H20N2O2/c1-5-7-17-8-6-16-14(17)9-13(18)15-10(2)11(3)19-12(15)4/h6,8H,5,7,9H2,1-4H3. The number of carbonyl (C=O) groups is 1. The van der Waals surface area contributed by atoms with Crippen molar-refractivity contribution in [1.82, 2.24) is 9.55 Å². The van der Waals surface area contributed by atoms with Crippen molar-refractivity contribution in [3.8, 4) is 0 Å². The van der Waals surface area contributed by atoms with E-state index in [1.807, 2.05) is 31.5 Å². The van der Waals surface area contributed by atoms with Gasteiger partial charge in [0, 0.05) is 24.5 Å². The molecule has 0 aliphatic rings. The molecule has 0 atom stereocenters. The Hall–Kier alpha value is -1.84. The summed E-state index contributed by atoms with van der Waals surface area (Å²) in [5, 5.41) is 0. The minimum atomic E-state index is 0.0791. The van der Waals surface area contributed by atoms with E-state index in [0.29, 0.717) is 17.7 Å². The van der Waals surface area contributed by atoms with Crippen LogP contribution < -0.4 is 0 Å². The highest BCUT2D eigenvalue weighted by Gasteiger charge is 2.20. The maximum Gasteiger partial charge on any atom is 0.174 e. The zero-order chi connectivity index (χ0) is 14.0. The molecule has 2 aromatic heterocycles. The molecule has 0 spiro atoms. The second kappa shape index (κ2) is 5.43. The van der Waals surface area contributed by atoms with Crippen molar-refractivity contribution in [1.29, 1.82) is 0 Å². The maximum absolute atomic E-state index is 12.4. The second-order valence-corrected chi connectivity index (χ2v) is 4.85. The number of rotatable bonds is 5. The van der Waals surface area contributed by atoms with Gasteiger partial charge in [0.15, 0.2) is 5.78 Å². The van der Waals surface area contributed by atoms with Crippen molar-refractivity contribution in [2.75, 3.05) is 0 Å². The Morgan fingerprint density at radius 3 is 2.63 bits per heavy atom. The summed E-state index contributed by atoms with van der Waals surface area (Å²) in [7, 11) is 0. The van der Waals surface area contributed by atoms with Crippen LogP contribution in [0.15, 0.2) is 16.8 Å². The molecule has 0 radical (unpaired) electrons. The molecular formula is C15H20N2O2. The van der Waals surface area contributed by atoms with Crippen LogP contribution in [-0.2, 0) is 13.0 Å². The molecular weight excluding hydrogens is 240 g/mol. The summed E-state index contributed by atoms with van der Waals surface area (Å²) < 4.78 is 7.55. The Kier molecular flexibility index (Phi) is 3.88. The SMILES string of the molecule is CCCn1ccnc1CC(=O)c1c(C)oc(C)c1C. The average Bonchev–Trinajstić information content (AvgIpc) is 2.86. The summed E-state index contributed by atoms with van der Waals surface area (Å²) in [5.74, 6) is 2.42. The molecule has 4 nitrogen and oxygen atoms in total. The zero-order valence-corrected chi connectivity index (χ0v) is 12.0. The Balaban J connectivity index is 2.23. The average molecular weight is 260 g/mol. The number of hydrogen-bond acceptors (Lipinski definition) is 3. The third kappa shape index (κ3) is 2.62. The van der Waals surface area contributed by atoms with E-state index >= 15 is 0 Å². The Labute approximate surface area is 113 Å². The quantitative estimate of drug-likeness (QED) is 0.775. The van der Waals surface area contributed by atoms with Crippen LogP contribution in [0.25, 0.3) is 0 Å². The molecule has 2 heterocycles. The van der Waals surface area contributed by atoms with E-state index in [1.165, 1.54) is 0 Å². The largest absolute Gasteiger partial charge is 0.466 e. The van der Waals surface area contributed by atoms with Gasteiger partial charge in [0.1, 0.15) is 17.3 Å². The van der Waals surface area contributed by atoms with Gasteiger partial charge < -0.3 is 8.98 Å². The van der Waals surface area contributed by atoms with E-state index in [0.717, 1.165) is 30.1 Å². The van der Waals surface area contributed by atoms with Gasteiger partial charge in [-0.15, -0.1) is 0 Å². The molecule has 0 bridgehead atoms. The third-order valence-electron chi connectivity index (χ3n) is 3.43. The van der Waals surface area contributed by atoms with Crippen molar-refractivity contribution >= 4 is 5.78 Å². The molecule has 0 N–H and O–H groups in total. The Morgan fingerprint density at radius 1 is 1.32 bits per heavy atom. The molecule has 102 valence electrons. The third-order valence-corrected chi connectivity index (χ3v) is 3.43. The van der Waals surface area contributed by atoms with E-state index in [-0.39, 0.29) is 5.78 Å². The molecule has 2 rings (SSSR count). The maximum atomic E-state index is 12.4. The number of aromatic nitrogens is 2. The summed E-state index contributed by atoms with van der Waals surface area (Å²) in [6.07, 6.45) is 5.03. The molecule has 0 amide bonds. The highest BCUT2D eigenvalue weighted by molar-refractivity contribution is 5.99. The topological polar surface area (TPSA) is 48.0 Å². The lowest BCUT2D eigenvalue weighted by molar-refractivity contribution is 0.0987. The van der Waals surface area contributed by atoms with Crippen molar-refractivity contribution in [2.45, 2.75) is 47.1 Å². The first-order valence-corrected chi connectivity index (χ1v) is 6.64. The van der Waals surface area contributed by atoms with Gasteiger partial charge in [-0.05, 0) is 27.2 Å². The van der Waals surface area contributed by atoms with Crippen LogP contribution in [-0.4, -0.2) is 15.3 Å². The molecule has 0 saturated carbocycles. The molecule has 0 aliphatic heterocycles. The van der Waals surface area contributed by atoms with Crippen LogP contribution >= 0.6 is 0 Å². The lowest BCUT2D eigenvalue weighted by Gasteiger charge is -2.05. The van der Waals surface area contributed by atoms with Crippen molar-refractivity contribution < 1.29 is 9.21 Å². The number of carbonyl (C=O) groups excluding carboxylic acids is 1. The van der Waals surface area contributed by atoms with E-state index in [4.69, 9.17) is 4.42 Å². The van der Waals surface area contributed by atoms with Gasteiger partial charge in [-0.3, -0.25) is 4.79 Å². The van der Waals surface area contributed by atoms with Gasteiger partial charge in [0.2, 0.25) is 0 Å². The fourth-order valence-corrected chi connectivity index (χ4v) is 2.39. The molecule has 0 saturated heterocycles. The van der Waals surface area contributed by atoms with E-state index < -0.39 is 0 Å². The first kappa shape index (κ1) is 13.6. The molecule has 0 unspecified atom stereocenters. The first-order valence-electron chi connectivity index (χ1n) is 6.64. The van der Waals surface area contributed by atoms with Gasteiger partial charge in [-0.1, -0.05) is 6.92 Å². The van der Waals surface area contributed by atoms with Gasteiger partial charge in [-0.2, -0.15) is 0 Å². The molecule has 4 heteroatoms. The van der Waals surface area contributed by atoms with E-state index in [1.54, 1.807) is 6.20 Å². The normalized spacial score (nSPS) is 10.9. The Bertz CT molecular complexity index is 593. The van der Waals surface area contributed by atoms with E-state index in [9.17, 15) is 4.79 Å². The number of nitrogens with zero attached hydrogens (tertiary/aromatic N) is 2. The Morgan fingerprint density at radius 2 is 2.05 bits per heavy atom. The summed E-state index contributed by atoms with van der Waals surface area (Å²) in [6.45, 7) is 8.66. The monoisotopic (exact) mass is 260 g/mol. The second-order valence-electron chi connectivity index (χ2n) is 4.85.